The second-order valence-electron chi connectivity index (χ2n) is 10.8. The molecule has 1 aliphatic heterocycles. The minimum Gasteiger partial charge on any atom is -0.399 e. The zero-order valence-corrected chi connectivity index (χ0v) is 23.4. The zero-order valence-electron chi connectivity index (χ0n) is 22.6. The maximum atomic E-state index is 11.7. The lowest BCUT2D eigenvalue weighted by Gasteiger charge is -2.17. The summed E-state index contributed by atoms with van der Waals surface area (Å²) in [5, 5.41) is 0. The van der Waals surface area contributed by atoms with Crippen LogP contribution in [0.2, 0.25) is 0 Å². The van der Waals surface area contributed by atoms with Gasteiger partial charge in [0.1, 0.15) is 0 Å². The number of hydrogen-bond donors (Lipinski definition) is 1. The van der Waals surface area contributed by atoms with Gasteiger partial charge >= 0.3 is 0 Å². The molecule has 5 heteroatoms. The molecule has 1 fully saturated rings. The van der Waals surface area contributed by atoms with Gasteiger partial charge in [-0.25, -0.2) is 4.98 Å². The van der Waals surface area contributed by atoms with Crippen molar-refractivity contribution in [2.45, 2.75) is 46.0 Å². The second-order valence-corrected chi connectivity index (χ2v) is 11.6. The van der Waals surface area contributed by atoms with E-state index in [-0.39, 0.29) is 6.67 Å². The number of benzene rings is 3. The summed E-state index contributed by atoms with van der Waals surface area (Å²) in [6.45, 7) is 7.56. The van der Waals surface area contributed by atoms with E-state index in [0.29, 0.717) is 6.42 Å². The minimum absolute atomic E-state index is 0.162. The summed E-state index contributed by atoms with van der Waals surface area (Å²) in [5.41, 5.74) is 19.2. The van der Waals surface area contributed by atoms with Crippen molar-refractivity contribution in [3.8, 4) is 0 Å². The number of anilines is 1. The first kappa shape index (κ1) is 26.6. The quantitative estimate of drug-likeness (QED) is 0.266. The molecule has 3 nitrogen and oxygen atoms in total. The Morgan fingerprint density at radius 1 is 1.03 bits per heavy atom. The molecule has 38 heavy (non-hydrogen) atoms. The third-order valence-corrected chi connectivity index (χ3v) is 8.50. The lowest BCUT2D eigenvalue weighted by atomic mass is 9.87. The Balaban J connectivity index is 0.000000249. The first-order chi connectivity index (χ1) is 18.5. The van der Waals surface area contributed by atoms with E-state index >= 15 is 0 Å². The number of nitrogens with zero attached hydrogens (tertiary/aromatic N) is 2. The van der Waals surface area contributed by atoms with Crippen LogP contribution in [0.4, 0.5) is 10.1 Å². The molecule has 0 bridgehead atoms. The molecule has 0 saturated carbocycles. The van der Waals surface area contributed by atoms with Crippen LogP contribution in [-0.2, 0) is 6.42 Å². The number of aryl methyl sites for hydroxylation is 2. The normalized spacial score (nSPS) is 17.7. The molecule has 3 aromatic carbocycles. The van der Waals surface area contributed by atoms with Crippen molar-refractivity contribution in [2.75, 3.05) is 32.0 Å². The number of nitrogens with two attached hydrogens (primary N) is 1. The molecular weight excluding hydrogens is 489 g/mol. The molecule has 6 rings (SSSR count). The van der Waals surface area contributed by atoms with Crippen LogP contribution in [0, 0.1) is 12.8 Å². The van der Waals surface area contributed by atoms with Gasteiger partial charge in [-0.3, -0.25) is 4.39 Å². The number of halogens is 1. The van der Waals surface area contributed by atoms with Crippen LogP contribution < -0.4 is 5.73 Å². The summed E-state index contributed by atoms with van der Waals surface area (Å²) in [6, 6.07) is 22.0. The Bertz CT molecular complexity index is 1410. The molecule has 1 unspecified atom stereocenters. The SMILES string of the molecule is CC1CCN(CCCF)C1.Cc1ccc(C2=C(c3ccc4ncsc4c3)CCCc3cc(N)ccc32)cc1. The van der Waals surface area contributed by atoms with E-state index in [1.54, 1.807) is 11.3 Å². The van der Waals surface area contributed by atoms with Gasteiger partial charge in [0.2, 0.25) is 0 Å². The largest absolute Gasteiger partial charge is 0.399 e. The first-order valence-corrected chi connectivity index (χ1v) is 14.7. The van der Waals surface area contributed by atoms with Crippen molar-refractivity contribution in [3.63, 3.8) is 0 Å². The lowest BCUT2D eigenvalue weighted by molar-refractivity contribution is 0.304. The Morgan fingerprint density at radius 3 is 2.61 bits per heavy atom. The van der Waals surface area contributed by atoms with Gasteiger partial charge in [-0.05, 0) is 109 Å². The Labute approximate surface area is 230 Å². The Hall–Kier alpha value is -3.02. The van der Waals surface area contributed by atoms with Crippen molar-refractivity contribution >= 4 is 38.4 Å². The first-order valence-electron chi connectivity index (χ1n) is 13.8. The summed E-state index contributed by atoms with van der Waals surface area (Å²) < 4.78 is 13.0. The van der Waals surface area contributed by atoms with E-state index in [9.17, 15) is 4.39 Å². The summed E-state index contributed by atoms with van der Waals surface area (Å²) in [6.07, 6.45) is 5.25. The number of nitrogen functional groups attached to an aromatic ring is 1. The number of aromatic nitrogens is 1. The molecule has 0 spiro atoms. The van der Waals surface area contributed by atoms with Gasteiger partial charge < -0.3 is 10.6 Å². The van der Waals surface area contributed by atoms with E-state index in [1.807, 2.05) is 11.6 Å². The molecule has 1 aromatic heterocycles. The third-order valence-electron chi connectivity index (χ3n) is 7.71. The van der Waals surface area contributed by atoms with Gasteiger partial charge in [0.15, 0.2) is 0 Å². The predicted molar refractivity (Wildman–Crippen MR) is 161 cm³/mol. The fourth-order valence-corrected chi connectivity index (χ4v) is 6.42. The smallest absolute Gasteiger partial charge is 0.0906 e. The van der Waals surface area contributed by atoms with E-state index < -0.39 is 0 Å². The number of fused-ring (bicyclic) bond motifs is 2. The van der Waals surface area contributed by atoms with Crippen LogP contribution >= 0.6 is 11.3 Å². The van der Waals surface area contributed by atoms with E-state index in [2.05, 4.69) is 78.3 Å². The van der Waals surface area contributed by atoms with Crippen LogP contribution in [0.1, 0.15) is 60.4 Å². The van der Waals surface area contributed by atoms with E-state index in [4.69, 9.17) is 5.73 Å². The Kier molecular flexibility index (Phi) is 8.55. The average molecular weight is 528 g/mol. The molecule has 1 saturated heterocycles. The maximum Gasteiger partial charge on any atom is 0.0906 e. The van der Waals surface area contributed by atoms with Crippen LogP contribution in [-0.4, -0.2) is 36.2 Å². The van der Waals surface area contributed by atoms with Crippen LogP contribution in [0.15, 0.2) is 66.2 Å². The summed E-state index contributed by atoms with van der Waals surface area (Å²) in [5.74, 6) is 0.833. The third kappa shape index (κ3) is 6.16. The topological polar surface area (TPSA) is 42.2 Å². The van der Waals surface area contributed by atoms with Crippen LogP contribution in [0.3, 0.4) is 0 Å². The van der Waals surface area contributed by atoms with Crippen molar-refractivity contribution in [2.24, 2.45) is 5.92 Å². The van der Waals surface area contributed by atoms with Crippen molar-refractivity contribution in [1.82, 2.24) is 9.88 Å². The fraction of sp³-hybridized carbons (Fsp3) is 0.364. The summed E-state index contributed by atoms with van der Waals surface area (Å²) in [7, 11) is 0. The van der Waals surface area contributed by atoms with Crippen molar-refractivity contribution < 1.29 is 4.39 Å². The highest BCUT2D eigenvalue weighted by atomic mass is 32.1. The van der Waals surface area contributed by atoms with Crippen LogP contribution in [0.25, 0.3) is 21.4 Å². The number of rotatable bonds is 5. The van der Waals surface area contributed by atoms with Gasteiger partial charge in [0.25, 0.3) is 0 Å². The number of likely N-dealkylation sites (tertiary alicyclic amines) is 1. The molecule has 2 aliphatic rings. The monoisotopic (exact) mass is 527 g/mol. The van der Waals surface area contributed by atoms with E-state index in [1.165, 1.54) is 63.2 Å². The number of thiazole rings is 1. The average Bonchev–Trinajstić information content (AvgIpc) is 3.52. The summed E-state index contributed by atoms with van der Waals surface area (Å²) >= 11 is 1.71. The molecule has 1 atom stereocenters. The maximum absolute atomic E-state index is 11.7. The molecule has 2 heterocycles. The zero-order chi connectivity index (χ0) is 26.5. The standard InChI is InChI=1S/C25H22N2S.C8H16FN/c1-16-5-7-17(8-6-16)25-21(19-9-12-23-24(14-19)28-15-27-23)4-2-3-18-13-20(26)10-11-22(18)25;1-8-3-6-10(7-8)5-2-4-9/h5-15H,2-4,26H2,1H3;8H,2-7H2,1H3. The van der Waals surface area contributed by atoms with Crippen LogP contribution in [0.5, 0.6) is 0 Å². The molecule has 4 aromatic rings. The minimum atomic E-state index is -0.162. The second kappa shape index (κ2) is 12.2. The number of alkyl halides is 1. The molecular formula is C33H38FN3S. The number of hydrogen-bond acceptors (Lipinski definition) is 4. The van der Waals surface area contributed by atoms with Gasteiger partial charge in [-0.15, -0.1) is 11.3 Å². The highest BCUT2D eigenvalue weighted by Crippen LogP contribution is 2.41. The fourth-order valence-electron chi connectivity index (χ4n) is 5.70. The molecule has 0 amide bonds. The molecule has 198 valence electrons. The van der Waals surface area contributed by atoms with Gasteiger partial charge in [-0.2, -0.15) is 0 Å². The molecule has 1 aliphatic carbocycles. The predicted octanol–water partition coefficient (Wildman–Crippen LogP) is 8.17. The highest BCUT2D eigenvalue weighted by molar-refractivity contribution is 7.16. The van der Waals surface area contributed by atoms with Gasteiger partial charge in [0.05, 0.1) is 22.4 Å². The Morgan fingerprint density at radius 2 is 1.84 bits per heavy atom. The highest BCUT2D eigenvalue weighted by Gasteiger charge is 2.21. The van der Waals surface area contributed by atoms with Crippen molar-refractivity contribution in [3.05, 3.63) is 94.0 Å². The summed E-state index contributed by atoms with van der Waals surface area (Å²) in [4.78, 5) is 6.80. The van der Waals surface area contributed by atoms with Crippen molar-refractivity contribution in [1.29, 1.82) is 0 Å². The van der Waals surface area contributed by atoms with E-state index in [0.717, 1.165) is 42.9 Å². The molecule has 2 N–H and O–H groups in total. The van der Waals surface area contributed by atoms with Gasteiger partial charge in [-0.1, -0.05) is 48.9 Å². The number of allylic oxidation sites excluding steroid dienone is 1. The van der Waals surface area contributed by atoms with Gasteiger partial charge in [0, 0.05) is 18.8 Å². The molecule has 0 radical (unpaired) electrons. The lowest BCUT2D eigenvalue weighted by Crippen LogP contribution is -2.21.